The zero-order valence-electron chi connectivity index (χ0n) is 10.4. The van der Waals surface area contributed by atoms with Crippen LogP contribution in [-0.2, 0) is 19.4 Å². The van der Waals surface area contributed by atoms with Crippen molar-refractivity contribution in [2.75, 3.05) is 19.5 Å². The van der Waals surface area contributed by atoms with Crippen molar-refractivity contribution in [3.05, 3.63) is 24.3 Å². The highest BCUT2D eigenvalue weighted by Gasteiger charge is 2.20. The van der Waals surface area contributed by atoms with E-state index in [0.29, 0.717) is 0 Å². The molecule has 0 fully saturated rings. The van der Waals surface area contributed by atoms with Crippen molar-refractivity contribution >= 4 is 15.8 Å². The van der Waals surface area contributed by atoms with Gasteiger partial charge in [-0.2, -0.15) is 0 Å². The summed E-state index contributed by atoms with van der Waals surface area (Å²) in [4.78, 5) is 11.3. The van der Waals surface area contributed by atoms with E-state index in [2.05, 4.69) is 0 Å². The molecule has 0 aliphatic heterocycles. The van der Waals surface area contributed by atoms with Gasteiger partial charge in [0.1, 0.15) is 10.6 Å². The molecule has 0 aromatic heterocycles. The van der Waals surface area contributed by atoms with Gasteiger partial charge in [-0.15, -0.1) is 0 Å². The molecular weight excluding hydrogens is 256 g/mol. The highest BCUT2D eigenvalue weighted by molar-refractivity contribution is 7.91. The first-order chi connectivity index (χ1) is 8.51. The van der Waals surface area contributed by atoms with Crippen LogP contribution >= 0.6 is 0 Å². The van der Waals surface area contributed by atoms with E-state index >= 15 is 0 Å². The van der Waals surface area contributed by atoms with Gasteiger partial charge in [-0.1, -0.05) is 12.1 Å². The second-order valence-electron chi connectivity index (χ2n) is 3.52. The zero-order chi connectivity index (χ0) is 13.6. The Morgan fingerprint density at radius 1 is 1.28 bits per heavy atom. The molecule has 0 saturated carbocycles. The summed E-state index contributed by atoms with van der Waals surface area (Å²) in [6, 6.07) is 6.32. The van der Waals surface area contributed by atoms with E-state index in [0.717, 1.165) is 0 Å². The van der Waals surface area contributed by atoms with Gasteiger partial charge in [-0.25, -0.2) is 8.42 Å². The maximum Gasteiger partial charge on any atom is 0.306 e. The number of carbonyl (C=O) groups is 1. The Morgan fingerprint density at radius 2 is 1.94 bits per heavy atom. The fraction of sp³-hybridized carbons (Fsp3) is 0.417. The predicted molar refractivity (Wildman–Crippen MR) is 66.3 cm³/mol. The van der Waals surface area contributed by atoms with Gasteiger partial charge in [0, 0.05) is 0 Å². The van der Waals surface area contributed by atoms with E-state index in [1.54, 1.807) is 25.1 Å². The van der Waals surface area contributed by atoms with Crippen LogP contribution in [0, 0.1) is 0 Å². The number of sulfone groups is 1. The van der Waals surface area contributed by atoms with Gasteiger partial charge in [-0.05, 0) is 19.1 Å². The number of ether oxygens (including phenoxy) is 2. The van der Waals surface area contributed by atoms with Gasteiger partial charge < -0.3 is 9.47 Å². The fourth-order valence-corrected chi connectivity index (χ4v) is 2.84. The highest BCUT2D eigenvalue weighted by Crippen LogP contribution is 2.24. The molecule has 18 heavy (non-hydrogen) atoms. The van der Waals surface area contributed by atoms with Crippen LogP contribution in [0.5, 0.6) is 5.75 Å². The molecule has 5 nitrogen and oxygen atoms in total. The number of para-hydroxylation sites is 1. The van der Waals surface area contributed by atoms with E-state index < -0.39 is 15.8 Å². The maximum atomic E-state index is 12.0. The molecule has 0 unspecified atom stereocenters. The molecule has 0 aliphatic carbocycles. The number of hydrogen-bond acceptors (Lipinski definition) is 5. The van der Waals surface area contributed by atoms with Gasteiger partial charge in [0.2, 0.25) is 0 Å². The van der Waals surface area contributed by atoms with E-state index in [1.807, 2.05) is 0 Å². The predicted octanol–water partition coefficient (Wildman–Crippen LogP) is 1.42. The van der Waals surface area contributed by atoms with Crippen LogP contribution in [0.4, 0.5) is 0 Å². The second kappa shape index (κ2) is 6.39. The Bertz CT molecular complexity index is 507. The average molecular weight is 272 g/mol. The first kappa shape index (κ1) is 14.5. The van der Waals surface area contributed by atoms with Crippen LogP contribution < -0.4 is 4.74 Å². The van der Waals surface area contributed by atoms with Gasteiger partial charge >= 0.3 is 5.97 Å². The molecule has 6 heteroatoms. The van der Waals surface area contributed by atoms with Crippen LogP contribution in [0.25, 0.3) is 0 Å². The summed E-state index contributed by atoms with van der Waals surface area (Å²) >= 11 is 0. The Labute approximate surface area is 107 Å². The molecule has 0 heterocycles. The topological polar surface area (TPSA) is 69.7 Å². The third-order valence-electron chi connectivity index (χ3n) is 2.28. The van der Waals surface area contributed by atoms with Crippen molar-refractivity contribution in [3.63, 3.8) is 0 Å². The van der Waals surface area contributed by atoms with Gasteiger partial charge in [0.05, 0.1) is 25.9 Å². The van der Waals surface area contributed by atoms with Crippen LogP contribution in [0.1, 0.15) is 13.3 Å². The third-order valence-corrected chi connectivity index (χ3v) is 4.03. The molecule has 0 saturated heterocycles. The SMILES string of the molecule is CCOC(=O)CCS(=O)(=O)c1ccccc1OC. The molecule has 1 rings (SSSR count). The molecular formula is C12H16O5S. The number of rotatable bonds is 6. The van der Waals surface area contributed by atoms with Crippen molar-refractivity contribution in [2.24, 2.45) is 0 Å². The summed E-state index contributed by atoms with van der Waals surface area (Å²) in [5, 5.41) is 0. The molecule has 100 valence electrons. The van der Waals surface area contributed by atoms with Gasteiger partial charge in [0.15, 0.2) is 9.84 Å². The Morgan fingerprint density at radius 3 is 2.56 bits per heavy atom. The summed E-state index contributed by atoms with van der Waals surface area (Å²) < 4.78 is 33.8. The molecule has 1 aromatic carbocycles. The number of benzene rings is 1. The van der Waals surface area contributed by atoms with Crippen molar-refractivity contribution in [3.8, 4) is 5.75 Å². The Hall–Kier alpha value is -1.56. The largest absolute Gasteiger partial charge is 0.495 e. The Balaban J connectivity index is 2.83. The van der Waals surface area contributed by atoms with Crippen LogP contribution in [0.3, 0.4) is 0 Å². The van der Waals surface area contributed by atoms with Gasteiger partial charge in [0.25, 0.3) is 0 Å². The third kappa shape index (κ3) is 3.73. The molecule has 0 radical (unpaired) electrons. The lowest BCUT2D eigenvalue weighted by Crippen LogP contribution is -2.14. The molecule has 0 amide bonds. The minimum atomic E-state index is -3.54. The number of hydrogen-bond donors (Lipinski definition) is 0. The lowest BCUT2D eigenvalue weighted by Gasteiger charge is -2.08. The first-order valence-corrected chi connectivity index (χ1v) is 7.18. The summed E-state index contributed by atoms with van der Waals surface area (Å²) in [5.74, 6) is -0.524. The van der Waals surface area contributed by atoms with Crippen molar-refractivity contribution in [1.82, 2.24) is 0 Å². The standard InChI is InChI=1S/C12H16O5S/c1-3-17-12(13)8-9-18(14,15)11-7-5-4-6-10(11)16-2/h4-7H,3,8-9H2,1-2H3. The van der Waals surface area contributed by atoms with Crippen LogP contribution in [0.15, 0.2) is 29.2 Å². The smallest absolute Gasteiger partial charge is 0.306 e. The average Bonchev–Trinajstić information content (AvgIpc) is 2.37. The summed E-state index contributed by atoms with van der Waals surface area (Å²) in [7, 11) is -2.14. The highest BCUT2D eigenvalue weighted by atomic mass is 32.2. The minimum absolute atomic E-state index is 0.0943. The van der Waals surface area contributed by atoms with Crippen LogP contribution in [-0.4, -0.2) is 33.9 Å². The minimum Gasteiger partial charge on any atom is -0.495 e. The normalized spacial score (nSPS) is 11.0. The van der Waals surface area contributed by atoms with Crippen molar-refractivity contribution in [2.45, 2.75) is 18.2 Å². The molecule has 0 aliphatic rings. The molecule has 0 N–H and O–H groups in total. The van der Waals surface area contributed by atoms with E-state index in [-0.39, 0.29) is 29.4 Å². The van der Waals surface area contributed by atoms with Crippen LogP contribution in [0.2, 0.25) is 0 Å². The van der Waals surface area contributed by atoms with Crippen molar-refractivity contribution in [1.29, 1.82) is 0 Å². The summed E-state index contributed by atoms with van der Waals surface area (Å²) in [5.41, 5.74) is 0. The molecule has 1 aromatic rings. The molecule has 0 bridgehead atoms. The Kier molecular flexibility index (Phi) is 5.15. The van der Waals surface area contributed by atoms with E-state index in [4.69, 9.17) is 9.47 Å². The van der Waals surface area contributed by atoms with Gasteiger partial charge in [-0.3, -0.25) is 4.79 Å². The van der Waals surface area contributed by atoms with E-state index in [1.165, 1.54) is 13.2 Å². The number of carbonyl (C=O) groups excluding carboxylic acids is 1. The lowest BCUT2D eigenvalue weighted by molar-refractivity contribution is -0.142. The lowest BCUT2D eigenvalue weighted by atomic mass is 10.3. The quantitative estimate of drug-likeness (QED) is 0.732. The maximum absolute atomic E-state index is 12.0. The number of esters is 1. The summed E-state index contributed by atoms with van der Waals surface area (Å²) in [6.45, 7) is 1.92. The monoisotopic (exact) mass is 272 g/mol. The molecule has 0 spiro atoms. The first-order valence-electron chi connectivity index (χ1n) is 5.52. The fourth-order valence-electron chi connectivity index (χ4n) is 1.44. The number of methoxy groups -OCH3 is 1. The van der Waals surface area contributed by atoms with Crippen molar-refractivity contribution < 1.29 is 22.7 Å². The molecule has 0 atom stereocenters. The summed E-state index contributed by atoms with van der Waals surface area (Å²) in [6.07, 6.45) is -0.159. The second-order valence-corrected chi connectivity index (χ2v) is 5.60. The van der Waals surface area contributed by atoms with E-state index in [9.17, 15) is 13.2 Å². The zero-order valence-corrected chi connectivity index (χ0v) is 11.2.